The molecule has 0 aliphatic heterocycles. The van der Waals surface area contributed by atoms with Gasteiger partial charge in [0.25, 0.3) is 5.56 Å². The number of methoxy groups -OCH3 is 1. The van der Waals surface area contributed by atoms with E-state index in [1.54, 1.807) is 13.4 Å². The molecule has 1 fully saturated rings. The number of imidazole rings is 1. The Morgan fingerprint density at radius 2 is 1.93 bits per heavy atom. The number of para-hydroxylation sites is 2. The molecule has 1 aliphatic rings. The average molecular weight is 368 g/mol. The Balaban J connectivity index is 2.11. The summed E-state index contributed by atoms with van der Waals surface area (Å²) in [7, 11) is 1.57. The molecular formula is C20H24N4O3. The standard InChI is InChI=1S/C20H24N4O3/c1-3-12-22-13-21-18-17(22)19(25)23(14-8-4-5-9-14)20(26)24(18)15-10-6-7-11-16(15)27-2/h6-7,10-11,13-14H,3-5,8-9,12H2,1-2H3. The summed E-state index contributed by atoms with van der Waals surface area (Å²) in [5.74, 6) is 0.572. The molecule has 7 heteroatoms. The van der Waals surface area contributed by atoms with Crippen LogP contribution in [0.2, 0.25) is 0 Å². The summed E-state index contributed by atoms with van der Waals surface area (Å²) in [5.41, 5.74) is 0.889. The van der Waals surface area contributed by atoms with Gasteiger partial charge in [-0.3, -0.25) is 9.36 Å². The fraction of sp³-hybridized carbons (Fsp3) is 0.450. The molecule has 0 saturated heterocycles. The number of fused-ring (bicyclic) bond motifs is 1. The van der Waals surface area contributed by atoms with Gasteiger partial charge in [-0.25, -0.2) is 14.3 Å². The van der Waals surface area contributed by atoms with Gasteiger partial charge < -0.3 is 9.30 Å². The lowest BCUT2D eigenvalue weighted by Gasteiger charge is -2.18. The van der Waals surface area contributed by atoms with E-state index in [0.717, 1.165) is 32.1 Å². The van der Waals surface area contributed by atoms with E-state index in [0.29, 0.717) is 29.1 Å². The van der Waals surface area contributed by atoms with Crippen LogP contribution >= 0.6 is 0 Å². The van der Waals surface area contributed by atoms with Gasteiger partial charge >= 0.3 is 5.69 Å². The van der Waals surface area contributed by atoms with Gasteiger partial charge in [0.15, 0.2) is 11.2 Å². The van der Waals surface area contributed by atoms with Crippen molar-refractivity contribution in [2.24, 2.45) is 0 Å². The van der Waals surface area contributed by atoms with Crippen LogP contribution in [0.4, 0.5) is 0 Å². The van der Waals surface area contributed by atoms with E-state index < -0.39 is 0 Å². The first kappa shape index (κ1) is 17.6. The quantitative estimate of drug-likeness (QED) is 0.694. The second-order valence-corrected chi connectivity index (χ2v) is 7.01. The van der Waals surface area contributed by atoms with Crippen LogP contribution in [0.25, 0.3) is 16.9 Å². The van der Waals surface area contributed by atoms with Gasteiger partial charge in [-0.1, -0.05) is 31.9 Å². The lowest BCUT2D eigenvalue weighted by Crippen LogP contribution is -2.42. The Kier molecular flexibility index (Phi) is 4.59. The van der Waals surface area contributed by atoms with Crippen LogP contribution < -0.4 is 16.0 Å². The van der Waals surface area contributed by atoms with Gasteiger partial charge in [0.2, 0.25) is 0 Å². The molecule has 1 saturated carbocycles. The van der Waals surface area contributed by atoms with Crippen molar-refractivity contribution in [3.8, 4) is 11.4 Å². The monoisotopic (exact) mass is 368 g/mol. The molecule has 0 radical (unpaired) electrons. The normalized spacial score (nSPS) is 14.9. The third-order valence-corrected chi connectivity index (χ3v) is 5.33. The van der Waals surface area contributed by atoms with Gasteiger partial charge in [0.05, 0.1) is 19.1 Å². The van der Waals surface area contributed by atoms with Crippen molar-refractivity contribution in [1.82, 2.24) is 18.7 Å². The van der Waals surface area contributed by atoms with E-state index in [9.17, 15) is 9.59 Å². The second kappa shape index (κ2) is 7.06. The first-order valence-electron chi connectivity index (χ1n) is 9.53. The zero-order valence-electron chi connectivity index (χ0n) is 15.7. The maximum absolute atomic E-state index is 13.4. The molecule has 27 heavy (non-hydrogen) atoms. The van der Waals surface area contributed by atoms with Crippen molar-refractivity contribution < 1.29 is 4.74 Å². The molecule has 2 aromatic heterocycles. The minimum atomic E-state index is -0.342. The topological polar surface area (TPSA) is 71.0 Å². The minimum absolute atomic E-state index is 0.0552. The van der Waals surface area contributed by atoms with E-state index in [2.05, 4.69) is 11.9 Å². The highest BCUT2D eigenvalue weighted by atomic mass is 16.5. The van der Waals surface area contributed by atoms with Gasteiger partial charge in [-0.05, 0) is 31.4 Å². The zero-order chi connectivity index (χ0) is 19.0. The SMILES string of the molecule is CCCn1cnc2c1c(=O)n(C1CCCC1)c(=O)n2-c1ccccc1OC. The highest BCUT2D eigenvalue weighted by molar-refractivity contribution is 5.73. The predicted octanol–water partition coefficient (Wildman–Crippen LogP) is 2.88. The number of rotatable bonds is 5. The van der Waals surface area contributed by atoms with Gasteiger partial charge in [-0.2, -0.15) is 0 Å². The lowest BCUT2D eigenvalue weighted by atomic mass is 10.2. The lowest BCUT2D eigenvalue weighted by molar-refractivity contribution is 0.411. The fourth-order valence-electron chi connectivity index (χ4n) is 4.08. The molecule has 1 aromatic carbocycles. The van der Waals surface area contributed by atoms with Crippen LogP contribution in [0, 0.1) is 0 Å². The molecule has 7 nitrogen and oxygen atoms in total. The smallest absolute Gasteiger partial charge is 0.337 e. The van der Waals surface area contributed by atoms with Gasteiger partial charge in [0.1, 0.15) is 5.75 Å². The molecule has 0 atom stereocenters. The highest BCUT2D eigenvalue weighted by Crippen LogP contribution is 2.29. The summed E-state index contributed by atoms with van der Waals surface area (Å²) < 4.78 is 10.3. The van der Waals surface area contributed by atoms with Crippen LogP contribution in [0.1, 0.15) is 45.1 Å². The van der Waals surface area contributed by atoms with Crippen molar-refractivity contribution in [3.05, 3.63) is 51.4 Å². The molecule has 142 valence electrons. The van der Waals surface area contributed by atoms with Crippen LogP contribution in [0.3, 0.4) is 0 Å². The number of aromatic nitrogens is 4. The minimum Gasteiger partial charge on any atom is -0.495 e. The largest absolute Gasteiger partial charge is 0.495 e. The first-order chi connectivity index (χ1) is 13.2. The Labute approximate surface area is 156 Å². The van der Waals surface area contributed by atoms with Crippen LogP contribution in [0.15, 0.2) is 40.2 Å². The number of hydrogen-bond donors (Lipinski definition) is 0. The Hall–Kier alpha value is -2.83. The van der Waals surface area contributed by atoms with Crippen molar-refractivity contribution in [1.29, 1.82) is 0 Å². The summed E-state index contributed by atoms with van der Waals surface area (Å²) >= 11 is 0. The van der Waals surface area contributed by atoms with Crippen molar-refractivity contribution in [2.45, 2.75) is 51.6 Å². The highest BCUT2D eigenvalue weighted by Gasteiger charge is 2.26. The average Bonchev–Trinajstić information content (AvgIpc) is 3.33. The molecule has 4 rings (SSSR count). The molecule has 0 N–H and O–H groups in total. The third kappa shape index (κ3) is 2.78. The number of nitrogens with zero attached hydrogens (tertiary/aromatic N) is 4. The molecule has 2 heterocycles. The van der Waals surface area contributed by atoms with Crippen LogP contribution in [-0.2, 0) is 6.54 Å². The van der Waals surface area contributed by atoms with E-state index in [4.69, 9.17) is 4.74 Å². The van der Waals surface area contributed by atoms with Crippen molar-refractivity contribution in [2.75, 3.05) is 7.11 Å². The molecule has 0 amide bonds. The number of aryl methyl sites for hydroxylation is 1. The molecule has 3 aromatic rings. The maximum Gasteiger partial charge on any atom is 0.337 e. The third-order valence-electron chi connectivity index (χ3n) is 5.33. The summed E-state index contributed by atoms with van der Waals surface area (Å²) in [6, 6.07) is 7.28. The molecular weight excluding hydrogens is 344 g/mol. The molecule has 0 bridgehead atoms. The van der Waals surface area contributed by atoms with E-state index >= 15 is 0 Å². The number of ether oxygens (including phenoxy) is 1. The first-order valence-corrected chi connectivity index (χ1v) is 9.53. The van der Waals surface area contributed by atoms with E-state index in [-0.39, 0.29) is 17.3 Å². The summed E-state index contributed by atoms with van der Waals surface area (Å²) in [4.78, 5) is 31.2. The van der Waals surface area contributed by atoms with Crippen LogP contribution in [0.5, 0.6) is 5.75 Å². The Morgan fingerprint density at radius 1 is 1.19 bits per heavy atom. The summed E-state index contributed by atoms with van der Waals surface area (Å²) in [6.07, 6.45) is 6.32. The predicted molar refractivity (Wildman–Crippen MR) is 104 cm³/mol. The number of benzene rings is 1. The molecule has 0 spiro atoms. The number of hydrogen-bond acceptors (Lipinski definition) is 4. The zero-order valence-corrected chi connectivity index (χ0v) is 15.7. The summed E-state index contributed by atoms with van der Waals surface area (Å²) in [5, 5.41) is 0. The van der Waals surface area contributed by atoms with Crippen LogP contribution in [-0.4, -0.2) is 25.8 Å². The fourth-order valence-corrected chi connectivity index (χ4v) is 4.08. The summed E-state index contributed by atoms with van der Waals surface area (Å²) in [6.45, 7) is 2.73. The Morgan fingerprint density at radius 3 is 2.63 bits per heavy atom. The van der Waals surface area contributed by atoms with E-state index in [1.165, 1.54) is 9.13 Å². The van der Waals surface area contributed by atoms with Crippen molar-refractivity contribution in [3.63, 3.8) is 0 Å². The molecule has 0 unspecified atom stereocenters. The van der Waals surface area contributed by atoms with Gasteiger partial charge in [0, 0.05) is 12.6 Å². The Bertz CT molecular complexity index is 1090. The van der Waals surface area contributed by atoms with Gasteiger partial charge in [-0.15, -0.1) is 0 Å². The van der Waals surface area contributed by atoms with E-state index in [1.807, 2.05) is 28.8 Å². The molecule has 1 aliphatic carbocycles. The van der Waals surface area contributed by atoms with Crippen molar-refractivity contribution >= 4 is 11.2 Å². The maximum atomic E-state index is 13.4. The second-order valence-electron chi connectivity index (χ2n) is 7.01.